The number of carboxylic acids is 1. The predicted molar refractivity (Wildman–Crippen MR) is 82.1 cm³/mol. The Hall–Kier alpha value is -2.56. The molecule has 2 aromatic rings. The fourth-order valence-electron chi connectivity index (χ4n) is 2.13. The molecule has 0 radical (unpaired) electrons. The van der Waals surface area contributed by atoms with Gasteiger partial charge in [0.15, 0.2) is 0 Å². The molecule has 0 saturated carbocycles. The van der Waals surface area contributed by atoms with Crippen LogP contribution in [0.4, 0.5) is 0 Å². The molecule has 1 aromatic carbocycles. The molecule has 5 heteroatoms. The molecule has 2 N–H and O–H groups in total. The van der Waals surface area contributed by atoms with Gasteiger partial charge < -0.3 is 14.8 Å². The van der Waals surface area contributed by atoms with E-state index >= 15 is 0 Å². The Morgan fingerprint density at radius 2 is 1.86 bits per heavy atom. The lowest BCUT2D eigenvalue weighted by Gasteiger charge is -2.07. The van der Waals surface area contributed by atoms with E-state index in [1.54, 1.807) is 19.1 Å². The lowest BCUT2D eigenvalue weighted by molar-refractivity contribution is 0.0694. The molecule has 0 saturated heterocycles. The van der Waals surface area contributed by atoms with E-state index in [1.165, 1.54) is 11.6 Å². The summed E-state index contributed by atoms with van der Waals surface area (Å²) in [5.74, 6) is -0.0953. The van der Waals surface area contributed by atoms with Crippen LogP contribution in [0.15, 0.2) is 34.7 Å². The van der Waals surface area contributed by atoms with Crippen molar-refractivity contribution in [1.82, 2.24) is 5.32 Å². The van der Waals surface area contributed by atoms with Crippen molar-refractivity contribution in [3.05, 3.63) is 58.5 Å². The molecule has 0 aliphatic heterocycles. The van der Waals surface area contributed by atoms with Crippen molar-refractivity contribution >= 4 is 11.9 Å². The molecule has 5 nitrogen and oxygen atoms in total. The van der Waals surface area contributed by atoms with Gasteiger partial charge in [-0.05, 0) is 36.6 Å². The van der Waals surface area contributed by atoms with Gasteiger partial charge in [-0.15, -0.1) is 0 Å². The first-order valence-electron chi connectivity index (χ1n) is 7.09. The van der Waals surface area contributed by atoms with Crippen LogP contribution in [0, 0.1) is 6.92 Å². The molecular weight excluding hydrogens is 282 g/mol. The summed E-state index contributed by atoms with van der Waals surface area (Å²) in [5, 5.41) is 11.7. The normalized spacial score (nSPS) is 10.7. The molecule has 0 aliphatic carbocycles. The molecule has 2 rings (SSSR count). The summed E-state index contributed by atoms with van der Waals surface area (Å²) in [6.45, 7) is 5.92. The summed E-state index contributed by atoms with van der Waals surface area (Å²) in [6, 6.07) is 8.85. The number of hydrogen-bond donors (Lipinski definition) is 2. The maximum atomic E-state index is 12.1. The van der Waals surface area contributed by atoms with E-state index in [4.69, 9.17) is 9.52 Å². The van der Waals surface area contributed by atoms with Gasteiger partial charge in [-0.3, -0.25) is 4.79 Å². The number of carboxylic acid groups (broad SMARTS) is 1. The largest absolute Gasteiger partial charge is 0.478 e. The lowest BCUT2D eigenvalue weighted by atomic mass is 10.0. The SMILES string of the molecule is Cc1oc(CNC(=O)c2ccc(C(C)C)cc2)cc1C(=O)O. The first-order valence-corrected chi connectivity index (χ1v) is 7.09. The molecule has 1 heterocycles. The fraction of sp³-hybridized carbons (Fsp3) is 0.294. The lowest BCUT2D eigenvalue weighted by Crippen LogP contribution is -2.22. The number of aryl methyl sites for hydroxylation is 1. The van der Waals surface area contributed by atoms with E-state index in [9.17, 15) is 9.59 Å². The minimum absolute atomic E-state index is 0.116. The van der Waals surface area contributed by atoms with Gasteiger partial charge in [0.05, 0.1) is 6.54 Å². The number of hydrogen-bond acceptors (Lipinski definition) is 3. The number of aromatic carboxylic acids is 1. The number of nitrogens with one attached hydrogen (secondary N) is 1. The molecule has 0 aliphatic rings. The third kappa shape index (κ3) is 3.55. The average Bonchev–Trinajstić information content (AvgIpc) is 2.86. The van der Waals surface area contributed by atoms with Crippen molar-refractivity contribution < 1.29 is 19.1 Å². The van der Waals surface area contributed by atoms with E-state index in [2.05, 4.69) is 19.2 Å². The highest BCUT2D eigenvalue weighted by Crippen LogP contribution is 2.16. The molecule has 0 bridgehead atoms. The van der Waals surface area contributed by atoms with Gasteiger partial charge in [0.25, 0.3) is 5.91 Å². The Bertz CT molecular complexity index is 683. The van der Waals surface area contributed by atoms with Crippen molar-refractivity contribution in [2.75, 3.05) is 0 Å². The van der Waals surface area contributed by atoms with Gasteiger partial charge in [-0.1, -0.05) is 26.0 Å². The van der Waals surface area contributed by atoms with Crippen LogP contribution < -0.4 is 5.32 Å². The monoisotopic (exact) mass is 301 g/mol. The summed E-state index contributed by atoms with van der Waals surface area (Å²) in [7, 11) is 0. The Kier molecular flexibility index (Phi) is 4.65. The van der Waals surface area contributed by atoms with Crippen LogP contribution in [-0.2, 0) is 6.54 Å². The topological polar surface area (TPSA) is 79.5 Å². The van der Waals surface area contributed by atoms with Crippen LogP contribution in [0.5, 0.6) is 0 Å². The Balaban J connectivity index is 2.00. The fourth-order valence-corrected chi connectivity index (χ4v) is 2.13. The van der Waals surface area contributed by atoms with Crippen LogP contribution in [0.2, 0.25) is 0 Å². The third-order valence-electron chi connectivity index (χ3n) is 3.46. The Labute approximate surface area is 129 Å². The van der Waals surface area contributed by atoms with E-state index in [-0.39, 0.29) is 18.0 Å². The summed E-state index contributed by atoms with van der Waals surface area (Å²) in [5.41, 5.74) is 1.85. The molecule has 1 amide bonds. The van der Waals surface area contributed by atoms with Crippen LogP contribution in [-0.4, -0.2) is 17.0 Å². The number of carbonyl (C=O) groups is 2. The van der Waals surface area contributed by atoms with Crippen LogP contribution >= 0.6 is 0 Å². The van der Waals surface area contributed by atoms with Gasteiger partial charge in [0.1, 0.15) is 17.1 Å². The van der Waals surface area contributed by atoms with Crippen LogP contribution in [0.3, 0.4) is 0 Å². The maximum Gasteiger partial charge on any atom is 0.339 e. The molecule has 116 valence electrons. The summed E-state index contributed by atoms with van der Waals surface area (Å²) in [4.78, 5) is 23.0. The highest BCUT2D eigenvalue weighted by Gasteiger charge is 2.14. The molecular formula is C17H19NO4. The molecule has 0 unspecified atom stereocenters. The second kappa shape index (κ2) is 6.47. The number of carbonyl (C=O) groups excluding carboxylic acids is 1. The van der Waals surface area contributed by atoms with Crippen molar-refractivity contribution in [2.24, 2.45) is 0 Å². The minimum atomic E-state index is -1.04. The Morgan fingerprint density at radius 3 is 2.36 bits per heavy atom. The number of amides is 1. The van der Waals surface area contributed by atoms with Gasteiger partial charge in [-0.2, -0.15) is 0 Å². The quantitative estimate of drug-likeness (QED) is 0.887. The second-order valence-electron chi connectivity index (χ2n) is 5.45. The number of furan rings is 1. The summed E-state index contributed by atoms with van der Waals surface area (Å²) < 4.78 is 5.32. The van der Waals surface area contributed by atoms with Crippen molar-refractivity contribution in [2.45, 2.75) is 33.2 Å². The van der Waals surface area contributed by atoms with Gasteiger partial charge >= 0.3 is 5.97 Å². The average molecular weight is 301 g/mol. The Morgan fingerprint density at radius 1 is 1.23 bits per heavy atom. The van der Waals surface area contributed by atoms with Crippen LogP contribution in [0.25, 0.3) is 0 Å². The summed E-state index contributed by atoms with van der Waals surface area (Å²) >= 11 is 0. The van der Waals surface area contributed by atoms with Crippen molar-refractivity contribution in [3.63, 3.8) is 0 Å². The molecule has 0 fully saturated rings. The zero-order valence-electron chi connectivity index (χ0n) is 12.8. The zero-order chi connectivity index (χ0) is 16.3. The maximum absolute atomic E-state index is 12.1. The van der Waals surface area contributed by atoms with E-state index in [1.807, 2.05) is 12.1 Å². The van der Waals surface area contributed by atoms with Gasteiger partial charge in [0, 0.05) is 5.56 Å². The number of rotatable bonds is 5. The standard InChI is InChI=1S/C17H19NO4/c1-10(2)12-4-6-13(7-5-12)16(19)18-9-14-8-15(17(20)21)11(3)22-14/h4-8,10H,9H2,1-3H3,(H,18,19)(H,20,21). The predicted octanol–water partition coefficient (Wildman–Crippen LogP) is 3.34. The second-order valence-corrected chi connectivity index (χ2v) is 5.45. The molecule has 0 atom stereocenters. The van der Waals surface area contributed by atoms with Crippen molar-refractivity contribution in [1.29, 1.82) is 0 Å². The zero-order valence-corrected chi connectivity index (χ0v) is 12.8. The molecule has 22 heavy (non-hydrogen) atoms. The first kappa shape index (κ1) is 15.8. The number of benzene rings is 1. The summed E-state index contributed by atoms with van der Waals surface area (Å²) in [6.07, 6.45) is 0. The van der Waals surface area contributed by atoms with Crippen LogP contribution in [0.1, 0.15) is 57.6 Å². The minimum Gasteiger partial charge on any atom is -0.478 e. The van der Waals surface area contributed by atoms with E-state index < -0.39 is 5.97 Å². The van der Waals surface area contributed by atoms with E-state index in [0.29, 0.717) is 23.0 Å². The van der Waals surface area contributed by atoms with Gasteiger partial charge in [-0.25, -0.2) is 4.79 Å². The first-order chi connectivity index (χ1) is 10.4. The third-order valence-corrected chi connectivity index (χ3v) is 3.46. The highest BCUT2D eigenvalue weighted by atomic mass is 16.4. The van der Waals surface area contributed by atoms with Gasteiger partial charge in [0.2, 0.25) is 0 Å². The molecule has 0 spiro atoms. The van der Waals surface area contributed by atoms with Crippen molar-refractivity contribution in [3.8, 4) is 0 Å². The molecule has 1 aromatic heterocycles. The highest BCUT2D eigenvalue weighted by molar-refractivity contribution is 5.94. The van der Waals surface area contributed by atoms with E-state index in [0.717, 1.165) is 0 Å². The smallest absolute Gasteiger partial charge is 0.339 e.